The summed E-state index contributed by atoms with van der Waals surface area (Å²) in [6.45, 7) is 6.46. The summed E-state index contributed by atoms with van der Waals surface area (Å²) >= 11 is 0. The Labute approximate surface area is 108 Å². The molecule has 18 heavy (non-hydrogen) atoms. The molecular weight excluding hydrogens is 228 g/mol. The van der Waals surface area contributed by atoms with E-state index in [1.54, 1.807) is 0 Å². The second-order valence-corrected chi connectivity index (χ2v) is 7.21. The molecule has 0 unspecified atom stereocenters. The zero-order valence-corrected chi connectivity index (χ0v) is 11.3. The first kappa shape index (κ1) is 12.2. The van der Waals surface area contributed by atoms with Gasteiger partial charge >= 0.3 is 5.97 Å². The molecule has 2 saturated carbocycles. The van der Waals surface area contributed by atoms with Crippen LogP contribution in [0.2, 0.25) is 0 Å². The predicted octanol–water partition coefficient (Wildman–Crippen LogP) is 2.45. The Morgan fingerprint density at radius 1 is 1.39 bits per heavy atom. The van der Waals surface area contributed by atoms with E-state index in [0.29, 0.717) is 11.5 Å². The van der Waals surface area contributed by atoms with Crippen LogP contribution in [0, 0.1) is 28.6 Å². The normalized spacial score (nSPS) is 48.8. The number of carboxylic acid groups (broad SMARTS) is 1. The van der Waals surface area contributed by atoms with Crippen molar-refractivity contribution in [2.75, 3.05) is 0 Å². The maximum absolute atomic E-state index is 11.4. The van der Waals surface area contributed by atoms with Crippen LogP contribution in [0.25, 0.3) is 0 Å². The molecule has 0 aromatic rings. The summed E-state index contributed by atoms with van der Waals surface area (Å²) in [4.78, 5) is 11.4. The molecule has 0 saturated heterocycles. The average molecular weight is 250 g/mol. The first-order valence-corrected chi connectivity index (χ1v) is 6.94. The van der Waals surface area contributed by atoms with Gasteiger partial charge in [-0.3, -0.25) is 0 Å². The SMILES string of the molecule is C[C@@H]1CC[C@@H]2C(C(=O)O)=C[C@@H]3[C@@H](O)C(C)(C)C[C@]123. The molecule has 0 aromatic heterocycles. The molecule has 2 N–H and O–H groups in total. The number of aliphatic carboxylic acids is 1. The summed E-state index contributed by atoms with van der Waals surface area (Å²) in [6.07, 6.45) is 4.48. The lowest BCUT2D eigenvalue weighted by Crippen LogP contribution is -2.33. The molecule has 3 aliphatic carbocycles. The Bertz CT molecular complexity index is 437. The number of carbonyl (C=O) groups is 1. The van der Waals surface area contributed by atoms with Crippen molar-refractivity contribution in [3.05, 3.63) is 11.6 Å². The lowest BCUT2D eigenvalue weighted by atomic mass is 9.67. The molecule has 5 atom stereocenters. The maximum atomic E-state index is 11.4. The molecule has 2 fully saturated rings. The fraction of sp³-hybridized carbons (Fsp3) is 0.800. The fourth-order valence-corrected chi connectivity index (χ4v) is 5.17. The van der Waals surface area contributed by atoms with E-state index in [1.165, 1.54) is 0 Å². The van der Waals surface area contributed by atoms with Gasteiger partial charge in [-0.25, -0.2) is 4.79 Å². The summed E-state index contributed by atoms with van der Waals surface area (Å²) in [5.74, 6) is -0.0718. The molecule has 0 aromatic carbocycles. The lowest BCUT2D eigenvalue weighted by molar-refractivity contribution is -0.133. The van der Waals surface area contributed by atoms with Crippen LogP contribution in [0.4, 0.5) is 0 Å². The van der Waals surface area contributed by atoms with Crippen LogP contribution in [0.1, 0.15) is 40.0 Å². The average Bonchev–Trinajstić information content (AvgIpc) is 2.79. The number of hydrogen-bond donors (Lipinski definition) is 2. The standard InChI is InChI=1S/C15H22O3/c1-8-4-5-10-9(13(17)18)6-11-12(16)14(2,3)7-15(8,10)11/h6,8,10-12,16H,4-5,7H2,1-3H3,(H,17,18)/t8-,10-,11-,12-,15+/m1/s1. The van der Waals surface area contributed by atoms with Gasteiger partial charge in [0.15, 0.2) is 0 Å². The highest BCUT2D eigenvalue weighted by Crippen LogP contribution is 2.70. The molecule has 100 valence electrons. The molecule has 3 rings (SSSR count). The van der Waals surface area contributed by atoms with Gasteiger partial charge in [0.25, 0.3) is 0 Å². The minimum absolute atomic E-state index is 0.0106. The quantitative estimate of drug-likeness (QED) is 0.751. The Morgan fingerprint density at radius 3 is 2.67 bits per heavy atom. The van der Waals surface area contributed by atoms with Crippen molar-refractivity contribution in [3.63, 3.8) is 0 Å². The Morgan fingerprint density at radius 2 is 2.06 bits per heavy atom. The summed E-state index contributed by atoms with van der Waals surface area (Å²) in [7, 11) is 0. The second kappa shape index (κ2) is 3.38. The smallest absolute Gasteiger partial charge is 0.331 e. The van der Waals surface area contributed by atoms with E-state index >= 15 is 0 Å². The van der Waals surface area contributed by atoms with Crippen LogP contribution in [0.5, 0.6) is 0 Å². The van der Waals surface area contributed by atoms with Gasteiger partial charge in [0.2, 0.25) is 0 Å². The molecule has 0 bridgehead atoms. The van der Waals surface area contributed by atoms with Gasteiger partial charge in [-0.15, -0.1) is 0 Å². The molecule has 3 heteroatoms. The monoisotopic (exact) mass is 250 g/mol. The number of carboxylic acids is 1. The largest absolute Gasteiger partial charge is 0.478 e. The van der Waals surface area contributed by atoms with Crippen LogP contribution in [-0.2, 0) is 4.79 Å². The number of aliphatic hydroxyl groups excluding tert-OH is 1. The third kappa shape index (κ3) is 1.21. The molecular formula is C15H22O3. The van der Waals surface area contributed by atoms with Crippen LogP contribution in [-0.4, -0.2) is 22.3 Å². The van der Waals surface area contributed by atoms with E-state index in [9.17, 15) is 15.0 Å². The van der Waals surface area contributed by atoms with Gasteiger partial charge in [0.1, 0.15) is 0 Å². The highest BCUT2D eigenvalue weighted by atomic mass is 16.4. The van der Waals surface area contributed by atoms with Crippen molar-refractivity contribution in [1.82, 2.24) is 0 Å². The summed E-state index contributed by atoms with van der Waals surface area (Å²) in [6, 6.07) is 0. The fourth-order valence-electron chi connectivity index (χ4n) is 5.17. The molecule has 0 radical (unpaired) electrons. The van der Waals surface area contributed by atoms with Gasteiger partial charge in [-0.05, 0) is 41.9 Å². The number of hydrogen-bond acceptors (Lipinski definition) is 2. The Kier molecular flexibility index (Phi) is 2.30. The van der Waals surface area contributed by atoms with Crippen molar-refractivity contribution >= 4 is 5.97 Å². The Hall–Kier alpha value is -0.830. The van der Waals surface area contributed by atoms with E-state index in [4.69, 9.17) is 0 Å². The van der Waals surface area contributed by atoms with Gasteiger partial charge in [-0.2, -0.15) is 0 Å². The van der Waals surface area contributed by atoms with Crippen LogP contribution < -0.4 is 0 Å². The molecule has 0 amide bonds. The van der Waals surface area contributed by atoms with E-state index in [-0.39, 0.29) is 22.7 Å². The van der Waals surface area contributed by atoms with E-state index in [1.807, 2.05) is 6.08 Å². The molecule has 3 aliphatic rings. The van der Waals surface area contributed by atoms with Crippen LogP contribution in [0.15, 0.2) is 11.6 Å². The van der Waals surface area contributed by atoms with Gasteiger partial charge < -0.3 is 10.2 Å². The third-order valence-electron chi connectivity index (χ3n) is 5.96. The van der Waals surface area contributed by atoms with E-state index in [0.717, 1.165) is 19.3 Å². The van der Waals surface area contributed by atoms with Gasteiger partial charge in [-0.1, -0.05) is 26.8 Å². The van der Waals surface area contributed by atoms with Gasteiger partial charge in [0, 0.05) is 11.5 Å². The van der Waals surface area contributed by atoms with Crippen molar-refractivity contribution < 1.29 is 15.0 Å². The summed E-state index contributed by atoms with van der Waals surface area (Å²) < 4.78 is 0. The minimum atomic E-state index is -0.784. The zero-order valence-electron chi connectivity index (χ0n) is 11.3. The molecule has 3 nitrogen and oxygen atoms in total. The summed E-state index contributed by atoms with van der Waals surface area (Å²) in [5, 5.41) is 19.9. The zero-order chi connectivity index (χ0) is 13.3. The third-order valence-corrected chi connectivity index (χ3v) is 5.96. The first-order chi connectivity index (χ1) is 8.30. The van der Waals surface area contributed by atoms with Crippen molar-refractivity contribution in [2.24, 2.45) is 28.6 Å². The number of rotatable bonds is 1. The van der Waals surface area contributed by atoms with Crippen LogP contribution in [0.3, 0.4) is 0 Å². The van der Waals surface area contributed by atoms with Crippen molar-refractivity contribution in [1.29, 1.82) is 0 Å². The Balaban J connectivity index is 2.11. The van der Waals surface area contributed by atoms with Gasteiger partial charge in [0.05, 0.1) is 6.10 Å². The maximum Gasteiger partial charge on any atom is 0.331 e. The van der Waals surface area contributed by atoms with Crippen molar-refractivity contribution in [3.8, 4) is 0 Å². The van der Waals surface area contributed by atoms with Crippen LogP contribution >= 0.6 is 0 Å². The van der Waals surface area contributed by atoms with Crippen molar-refractivity contribution in [2.45, 2.75) is 46.1 Å². The molecule has 1 spiro atoms. The minimum Gasteiger partial charge on any atom is -0.478 e. The molecule has 0 heterocycles. The highest BCUT2D eigenvalue weighted by molar-refractivity contribution is 5.88. The number of aliphatic hydroxyl groups is 1. The van der Waals surface area contributed by atoms with E-state index in [2.05, 4.69) is 20.8 Å². The lowest BCUT2D eigenvalue weighted by Gasteiger charge is -2.36. The predicted molar refractivity (Wildman–Crippen MR) is 67.9 cm³/mol. The first-order valence-electron chi connectivity index (χ1n) is 6.94. The topological polar surface area (TPSA) is 57.5 Å². The second-order valence-electron chi connectivity index (χ2n) is 7.21. The molecule has 0 aliphatic heterocycles. The summed E-state index contributed by atoms with van der Waals surface area (Å²) in [5.41, 5.74) is 0.484. The highest BCUT2D eigenvalue weighted by Gasteiger charge is 2.67. The van der Waals surface area contributed by atoms with E-state index < -0.39 is 12.1 Å².